The Morgan fingerprint density at radius 2 is 1.70 bits per heavy atom. The predicted molar refractivity (Wildman–Crippen MR) is 129 cm³/mol. The maximum Gasteiger partial charge on any atom is 0.262 e. The fraction of sp³-hybridized carbons (Fsp3) is 0.136. The van der Waals surface area contributed by atoms with Gasteiger partial charge in [0.2, 0.25) is 10.0 Å². The van der Waals surface area contributed by atoms with E-state index < -0.39 is 22.0 Å². The number of carbonyl (C=O) groups is 1. The van der Waals surface area contributed by atoms with E-state index >= 15 is 0 Å². The van der Waals surface area contributed by atoms with E-state index in [2.05, 4.69) is 5.32 Å². The van der Waals surface area contributed by atoms with Crippen molar-refractivity contribution in [3.63, 3.8) is 0 Å². The first kappa shape index (κ1) is 25.3. The normalized spacial score (nSPS) is 12.3. The number of ether oxygens (including phenoxy) is 1. The number of hydrogen-bond acceptors (Lipinski definition) is 5. The summed E-state index contributed by atoms with van der Waals surface area (Å²) in [5.41, 5.74) is 1.66. The molecule has 0 saturated heterocycles. The van der Waals surface area contributed by atoms with Gasteiger partial charge in [0.05, 0.1) is 4.90 Å². The van der Waals surface area contributed by atoms with Gasteiger partial charge in [-0.1, -0.05) is 34.8 Å². The predicted octanol–water partition coefficient (Wildman–Crippen LogP) is 4.70. The lowest BCUT2D eigenvalue weighted by Crippen LogP contribution is -2.21. The van der Waals surface area contributed by atoms with Crippen LogP contribution >= 0.6 is 34.8 Å². The first-order chi connectivity index (χ1) is 15.4. The molecule has 0 aliphatic heterocycles. The Morgan fingerprint density at radius 1 is 1.03 bits per heavy atom. The Hall–Kier alpha value is -2.33. The number of hydrogen-bond donors (Lipinski definition) is 3. The van der Waals surface area contributed by atoms with Gasteiger partial charge in [0.1, 0.15) is 11.9 Å². The zero-order valence-corrected chi connectivity index (χ0v) is 20.3. The molecule has 0 saturated carbocycles. The van der Waals surface area contributed by atoms with Gasteiger partial charge in [-0.2, -0.15) is 0 Å². The van der Waals surface area contributed by atoms with E-state index in [9.17, 15) is 18.3 Å². The molecule has 3 rings (SSSR count). The van der Waals surface area contributed by atoms with Gasteiger partial charge < -0.3 is 15.2 Å². The molecule has 1 unspecified atom stereocenters. The zero-order chi connectivity index (χ0) is 24.3. The number of nitrogens with one attached hydrogen (secondary N) is 1. The third kappa shape index (κ3) is 6.60. The molecule has 3 aromatic rings. The molecule has 174 valence electrons. The number of anilines is 1. The van der Waals surface area contributed by atoms with E-state index in [1.807, 2.05) is 0 Å². The lowest BCUT2D eigenvalue weighted by atomic mass is 10.0. The molecule has 1 amide bonds. The average Bonchev–Trinajstić information content (AvgIpc) is 2.72. The number of benzene rings is 3. The number of aliphatic hydroxyl groups is 1. The van der Waals surface area contributed by atoms with E-state index in [4.69, 9.17) is 44.7 Å². The number of sulfonamides is 1. The number of nitrogens with two attached hydrogens (primary N) is 1. The molecule has 4 N–H and O–H groups in total. The van der Waals surface area contributed by atoms with Crippen LogP contribution in [-0.4, -0.2) is 26.0 Å². The van der Waals surface area contributed by atoms with Crippen LogP contribution in [0.4, 0.5) is 5.69 Å². The van der Waals surface area contributed by atoms with E-state index in [1.165, 1.54) is 36.4 Å². The van der Waals surface area contributed by atoms with Gasteiger partial charge in [-0.05, 0) is 72.6 Å². The second kappa shape index (κ2) is 10.3. The standard InChI is InChI=1S/C22H19Cl3N2O5S/c1-12-6-17(33(26,30)31)3-4-19(12)27-21(28)11-32-20-5-2-14(23)10-18(20)22(29)13-7-15(24)9-16(25)8-13/h2-10,22,29H,11H2,1H3,(H,27,28)(H2,26,30,31). The van der Waals surface area contributed by atoms with Crippen molar-refractivity contribution in [2.75, 3.05) is 11.9 Å². The van der Waals surface area contributed by atoms with E-state index in [0.29, 0.717) is 37.4 Å². The average molecular weight is 530 g/mol. The highest BCUT2D eigenvalue weighted by Crippen LogP contribution is 2.34. The molecule has 11 heteroatoms. The molecule has 1 atom stereocenters. The third-order valence-corrected chi connectivity index (χ3v) is 6.21. The number of aliphatic hydroxyl groups excluding tert-OH is 1. The molecule has 0 aliphatic rings. The Morgan fingerprint density at radius 3 is 2.30 bits per heavy atom. The molecule has 3 aromatic carbocycles. The van der Waals surface area contributed by atoms with Gasteiger partial charge in [-0.25, -0.2) is 13.6 Å². The number of halogens is 3. The van der Waals surface area contributed by atoms with Crippen LogP contribution in [0.15, 0.2) is 59.5 Å². The summed E-state index contributed by atoms with van der Waals surface area (Å²) in [6.45, 7) is 1.25. The summed E-state index contributed by atoms with van der Waals surface area (Å²) in [5.74, 6) is -0.262. The van der Waals surface area contributed by atoms with Gasteiger partial charge >= 0.3 is 0 Å². The summed E-state index contributed by atoms with van der Waals surface area (Å²) < 4.78 is 28.5. The quantitative estimate of drug-likeness (QED) is 0.410. The van der Waals surface area contributed by atoms with Crippen molar-refractivity contribution in [2.45, 2.75) is 17.9 Å². The Bertz CT molecular complexity index is 1300. The molecule has 33 heavy (non-hydrogen) atoms. The molecule has 0 bridgehead atoms. The number of amides is 1. The Balaban J connectivity index is 1.76. The topological polar surface area (TPSA) is 119 Å². The van der Waals surface area contributed by atoms with Gasteiger partial charge in [0.25, 0.3) is 5.91 Å². The van der Waals surface area contributed by atoms with Crippen LogP contribution in [-0.2, 0) is 14.8 Å². The molecular weight excluding hydrogens is 511 g/mol. The van der Waals surface area contributed by atoms with E-state index in [0.717, 1.165) is 0 Å². The molecule has 0 heterocycles. The minimum absolute atomic E-state index is 0.0600. The summed E-state index contributed by atoms with van der Waals surface area (Å²) in [4.78, 5) is 12.4. The van der Waals surface area contributed by atoms with E-state index in [-0.39, 0.29) is 17.3 Å². The molecular formula is C22H19Cl3N2O5S. The van der Waals surface area contributed by atoms with Crippen LogP contribution in [0.1, 0.15) is 22.8 Å². The van der Waals surface area contributed by atoms with Crippen molar-refractivity contribution in [1.29, 1.82) is 0 Å². The molecule has 7 nitrogen and oxygen atoms in total. The van der Waals surface area contributed by atoms with Crippen molar-refractivity contribution < 1.29 is 23.1 Å². The Labute approximate surface area is 206 Å². The number of aryl methyl sites for hydroxylation is 1. The summed E-state index contributed by atoms with van der Waals surface area (Å²) >= 11 is 18.2. The zero-order valence-electron chi connectivity index (χ0n) is 17.2. The summed E-state index contributed by atoms with van der Waals surface area (Å²) in [5, 5.41) is 19.7. The smallest absolute Gasteiger partial charge is 0.262 e. The molecule has 0 aromatic heterocycles. The largest absolute Gasteiger partial charge is 0.483 e. The van der Waals surface area contributed by atoms with Crippen LogP contribution in [0.5, 0.6) is 5.75 Å². The van der Waals surface area contributed by atoms with Gasteiger partial charge in [-0.15, -0.1) is 0 Å². The second-order valence-electron chi connectivity index (χ2n) is 7.15. The molecule has 0 radical (unpaired) electrons. The summed E-state index contributed by atoms with van der Waals surface area (Å²) in [6, 6.07) is 13.4. The second-order valence-corrected chi connectivity index (χ2v) is 10.0. The highest BCUT2D eigenvalue weighted by atomic mass is 35.5. The first-order valence-corrected chi connectivity index (χ1v) is 12.1. The number of carbonyl (C=O) groups excluding carboxylic acids is 1. The van der Waals surface area contributed by atoms with E-state index in [1.54, 1.807) is 25.1 Å². The minimum Gasteiger partial charge on any atom is -0.483 e. The fourth-order valence-electron chi connectivity index (χ4n) is 3.06. The lowest BCUT2D eigenvalue weighted by molar-refractivity contribution is -0.118. The van der Waals surface area contributed by atoms with Crippen LogP contribution < -0.4 is 15.2 Å². The van der Waals surface area contributed by atoms with Crippen molar-refractivity contribution in [1.82, 2.24) is 0 Å². The van der Waals surface area contributed by atoms with Crippen molar-refractivity contribution in [3.8, 4) is 5.75 Å². The van der Waals surface area contributed by atoms with Gasteiger partial charge in [-0.3, -0.25) is 4.79 Å². The highest BCUT2D eigenvalue weighted by molar-refractivity contribution is 7.89. The Kier molecular flexibility index (Phi) is 7.89. The summed E-state index contributed by atoms with van der Waals surface area (Å²) in [7, 11) is -3.85. The summed E-state index contributed by atoms with van der Waals surface area (Å²) in [6.07, 6.45) is -1.16. The fourth-order valence-corrected chi connectivity index (χ4v) is 4.38. The third-order valence-electron chi connectivity index (χ3n) is 4.63. The number of rotatable bonds is 7. The van der Waals surface area contributed by atoms with Crippen LogP contribution in [0.25, 0.3) is 0 Å². The monoisotopic (exact) mass is 528 g/mol. The molecule has 0 aliphatic carbocycles. The first-order valence-electron chi connectivity index (χ1n) is 9.43. The molecule has 0 spiro atoms. The van der Waals surface area contributed by atoms with Crippen LogP contribution in [0.2, 0.25) is 15.1 Å². The van der Waals surface area contributed by atoms with Crippen LogP contribution in [0, 0.1) is 6.92 Å². The minimum atomic E-state index is -3.85. The van der Waals surface area contributed by atoms with Gasteiger partial charge in [0, 0.05) is 26.3 Å². The van der Waals surface area contributed by atoms with Gasteiger partial charge in [0.15, 0.2) is 6.61 Å². The van der Waals surface area contributed by atoms with Crippen molar-refractivity contribution in [2.24, 2.45) is 5.14 Å². The van der Waals surface area contributed by atoms with Crippen LogP contribution in [0.3, 0.4) is 0 Å². The highest BCUT2D eigenvalue weighted by Gasteiger charge is 2.19. The van der Waals surface area contributed by atoms with Crippen molar-refractivity contribution in [3.05, 3.63) is 86.4 Å². The maximum absolute atomic E-state index is 12.4. The maximum atomic E-state index is 12.4. The SMILES string of the molecule is Cc1cc(S(N)(=O)=O)ccc1NC(=O)COc1ccc(Cl)cc1C(O)c1cc(Cl)cc(Cl)c1. The molecule has 0 fully saturated rings. The van der Waals surface area contributed by atoms with Crippen molar-refractivity contribution >= 4 is 56.4 Å². The number of primary sulfonamides is 1. The lowest BCUT2D eigenvalue weighted by Gasteiger charge is -2.18.